The summed E-state index contributed by atoms with van der Waals surface area (Å²) in [4.78, 5) is 2.19. The van der Waals surface area contributed by atoms with Crippen LogP contribution in [0.2, 0.25) is 0 Å². The molecule has 2 atom stereocenters. The number of aryl methyl sites for hydroxylation is 3. The van der Waals surface area contributed by atoms with Gasteiger partial charge in [-0.1, -0.05) is 42.0 Å². The van der Waals surface area contributed by atoms with Crippen molar-refractivity contribution in [3.05, 3.63) is 70.9 Å². The average Bonchev–Trinajstić information content (AvgIpc) is 3.13. The number of anilines is 1. The highest BCUT2D eigenvalue weighted by molar-refractivity contribution is 5.89. The second-order valence-corrected chi connectivity index (χ2v) is 7.24. The van der Waals surface area contributed by atoms with Crippen molar-refractivity contribution < 1.29 is 4.74 Å². The Morgan fingerprint density at radius 3 is 2.68 bits per heavy atom. The fourth-order valence-electron chi connectivity index (χ4n) is 4.45. The van der Waals surface area contributed by atoms with Gasteiger partial charge in [-0.15, -0.1) is 0 Å². The van der Waals surface area contributed by atoms with E-state index in [0.29, 0.717) is 6.61 Å². The lowest BCUT2D eigenvalue weighted by Crippen LogP contribution is -2.44. The summed E-state index contributed by atoms with van der Waals surface area (Å²) in [5.74, 6) is 0.942. The Kier molecular flexibility index (Phi) is 3.19. The highest BCUT2D eigenvalue weighted by Gasteiger charge is 2.46. The van der Waals surface area contributed by atoms with Crippen molar-refractivity contribution in [1.82, 2.24) is 4.90 Å². The summed E-state index contributed by atoms with van der Waals surface area (Å²) in [7, 11) is 0. The third kappa shape index (κ3) is 2.20. The normalized spacial score (nSPS) is 24.0. The SMILES string of the molecule is Cc1cc(C)c(N2[C]N3C(=N2)CO[C@H]2Cc4ccccc4[C@H]23)c(C)c1. The van der Waals surface area contributed by atoms with E-state index in [1.165, 1.54) is 27.8 Å². The van der Waals surface area contributed by atoms with Gasteiger partial charge in [-0.2, -0.15) is 5.10 Å². The van der Waals surface area contributed by atoms with Gasteiger partial charge in [0.1, 0.15) is 6.61 Å². The van der Waals surface area contributed by atoms with Crippen LogP contribution in [0.3, 0.4) is 0 Å². The number of morpholine rings is 1. The Morgan fingerprint density at radius 1 is 1.12 bits per heavy atom. The van der Waals surface area contributed by atoms with Crippen molar-refractivity contribution in [3.63, 3.8) is 0 Å². The Bertz CT molecular complexity index is 865. The van der Waals surface area contributed by atoms with Crippen LogP contribution in [0, 0.1) is 27.4 Å². The number of hydrogen-bond acceptors (Lipinski definition) is 4. The van der Waals surface area contributed by atoms with Gasteiger partial charge < -0.3 is 9.64 Å². The third-order valence-electron chi connectivity index (χ3n) is 5.39. The summed E-state index contributed by atoms with van der Waals surface area (Å²) in [5, 5.41) is 6.71. The average molecular weight is 331 g/mol. The molecule has 0 amide bonds. The molecule has 3 aliphatic rings. The maximum absolute atomic E-state index is 6.12. The standard InChI is InChI=1S/C21H21N3O/c1-13-8-14(2)20(15(3)9-13)24-12-23-19(22-24)11-25-18-10-16-6-4-5-7-17(16)21(18)23/h4-9,18,21H,10-11H2,1-3H3/t18-,21+/m0/s1. The molecular formula is C21H21N3O. The van der Waals surface area contributed by atoms with E-state index in [9.17, 15) is 0 Å². The molecule has 0 N–H and O–H groups in total. The van der Waals surface area contributed by atoms with E-state index in [4.69, 9.17) is 9.84 Å². The van der Waals surface area contributed by atoms with Gasteiger partial charge in [0.25, 0.3) is 0 Å². The van der Waals surface area contributed by atoms with Crippen LogP contribution in [0.4, 0.5) is 5.69 Å². The van der Waals surface area contributed by atoms with E-state index >= 15 is 0 Å². The molecule has 1 fully saturated rings. The van der Waals surface area contributed by atoms with Gasteiger partial charge in [0.15, 0.2) is 5.84 Å². The topological polar surface area (TPSA) is 28.1 Å². The van der Waals surface area contributed by atoms with Crippen LogP contribution >= 0.6 is 0 Å². The lowest BCUT2D eigenvalue weighted by molar-refractivity contribution is 0.0119. The summed E-state index contributed by atoms with van der Waals surface area (Å²) >= 11 is 0. The van der Waals surface area contributed by atoms with Crippen LogP contribution < -0.4 is 5.01 Å². The number of rotatable bonds is 1. The fraction of sp³-hybridized carbons (Fsp3) is 0.333. The Labute approximate surface area is 148 Å². The van der Waals surface area contributed by atoms with E-state index in [0.717, 1.165) is 17.9 Å². The smallest absolute Gasteiger partial charge is 0.233 e. The molecule has 126 valence electrons. The second-order valence-electron chi connectivity index (χ2n) is 7.24. The van der Waals surface area contributed by atoms with E-state index in [1.807, 2.05) is 5.01 Å². The zero-order chi connectivity index (χ0) is 17.1. The number of hydrogen-bond donors (Lipinski definition) is 0. The minimum atomic E-state index is 0.180. The monoisotopic (exact) mass is 331 g/mol. The van der Waals surface area contributed by atoms with Crippen LogP contribution in [-0.4, -0.2) is 23.4 Å². The predicted molar refractivity (Wildman–Crippen MR) is 98.3 cm³/mol. The van der Waals surface area contributed by atoms with Crippen molar-refractivity contribution >= 4 is 11.5 Å². The molecule has 0 aromatic heterocycles. The molecule has 2 aliphatic heterocycles. The minimum Gasteiger partial charge on any atom is -0.367 e. The van der Waals surface area contributed by atoms with Crippen molar-refractivity contribution in [1.29, 1.82) is 0 Å². The molecule has 5 rings (SSSR count). The first-order valence-corrected chi connectivity index (χ1v) is 8.82. The largest absolute Gasteiger partial charge is 0.367 e. The summed E-state index contributed by atoms with van der Waals surface area (Å²) in [6.45, 7) is 10.5. The van der Waals surface area contributed by atoms with Gasteiger partial charge >= 0.3 is 0 Å². The quantitative estimate of drug-likeness (QED) is 0.797. The minimum absolute atomic E-state index is 0.180. The fourth-order valence-corrected chi connectivity index (χ4v) is 4.45. The number of hydrazone groups is 1. The van der Waals surface area contributed by atoms with Crippen LogP contribution in [0.5, 0.6) is 0 Å². The van der Waals surface area contributed by atoms with Crippen LogP contribution in [0.15, 0.2) is 41.5 Å². The molecule has 1 saturated heterocycles. The van der Waals surface area contributed by atoms with Gasteiger partial charge in [0.05, 0.1) is 17.8 Å². The van der Waals surface area contributed by atoms with Crippen molar-refractivity contribution in [3.8, 4) is 0 Å². The maximum atomic E-state index is 6.12. The lowest BCUT2D eigenvalue weighted by Gasteiger charge is -2.35. The predicted octanol–water partition coefficient (Wildman–Crippen LogP) is 3.74. The number of benzene rings is 2. The van der Waals surface area contributed by atoms with Crippen LogP contribution in [0.25, 0.3) is 0 Å². The number of amidine groups is 1. The molecule has 0 spiro atoms. The van der Waals surface area contributed by atoms with E-state index in [2.05, 4.69) is 68.7 Å². The third-order valence-corrected chi connectivity index (χ3v) is 5.39. The highest BCUT2D eigenvalue weighted by atomic mass is 16.5. The van der Waals surface area contributed by atoms with Gasteiger partial charge in [-0.3, -0.25) is 0 Å². The lowest BCUT2D eigenvalue weighted by atomic mass is 10.0. The van der Waals surface area contributed by atoms with Crippen molar-refractivity contribution in [2.24, 2.45) is 5.10 Å². The summed E-state index contributed by atoms with van der Waals surface area (Å²) < 4.78 is 6.12. The molecule has 0 bridgehead atoms. The molecule has 2 aromatic carbocycles. The summed E-state index contributed by atoms with van der Waals surface area (Å²) in [6, 6.07) is 13.2. The number of fused-ring (bicyclic) bond motifs is 5. The van der Waals surface area contributed by atoms with Gasteiger partial charge in [-0.25, -0.2) is 5.01 Å². The van der Waals surface area contributed by atoms with Crippen molar-refractivity contribution in [2.45, 2.75) is 39.3 Å². The van der Waals surface area contributed by atoms with Gasteiger partial charge in [0.2, 0.25) is 6.67 Å². The molecule has 4 heteroatoms. The molecule has 0 saturated carbocycles. The maximum Gasteiger partial charge on any atom is 0.233 e. The van der Waals surface area contributed by atoms with Gasteiger partial charge in [-0.05, 0) is 43.0 Å². The van der Waals surface area contributed by atoms with Gasteiger partial charge in [0, 0.05) is 6.42 Å². The molecule has 2 radical (unpaired) electrons. The van der Waals surface area contributed by atoms with Crippen LogP contribution in [-0.2, 0) is 11.2 Å². The molecule has 0 unspecified atom stereocenters. The van der Waals surface area contributed by atoms with Crippen molar-refractivity contribution in [2.75, 3.05) is 11.6 Å². The molecular weight excluding hydrogens is 310 g/mol. The zero-order valence-electron chi connectivity index (χ0n) is 14.8. The Balaban J connectivity index is 1.52. The number of ether oxygens (including phenoxy) is 1. The summed E-state index contributed by atoms with van der Waals surface area (Å²) in [5.41, 5.74) is 7.55. The molecule has 2 heterocycles. The number of nitrogens with zero attached hydrogens (tertiary/aromatic N) is 3. The first kappa shape index (κ1) is 15.0. The zero-order valence-corrected chi connectivity index (χ0v) is 14.8. The Hall–Kier alpha value is -2.33. The van der Waals surface area contributed by atoms with E-state index in [-0.39, 0.29) is 12.1 Å². The molecule has 2 aromatic rings. The highest BCUT2D eigenvalue weighted by Crippen LogP contribution is 2.44. The second kappa shape index (κ2) is 5.33. The summed E-state index contributed by atoms with van der Waals surface area (Å²) in [6.07, 6.45) is 1.15. The molecule has 1 aliphatic carbocycles. The molecule has 4 nitrogen and oxygen atoms in total. The first-order valence-electron chi connectivity index (χ1n) is 8.82. The van der Waals surface area contributed by atoms with E-state index in [1.54, 1.807) is 0 Å². The Morgan fingerprint density at radius 2 is 1.88 bits per heavy atom. The van der Waals surface area contributed by atoms with E-state index < -0.39 is 0 Å². The molecule has 25 heavy (non-hydrogen) atoms. The first-order chi connectivity index (χ1) is 12.1. The van der Waals surface area contributed by atoms with Crippen LogP contribution in [0.1, 0.15) is 33.9 Å².